The lowest BCUT2D eigenvalue weighted by molar-refractivity contribution is -0.143. The highest BCUT2D eigenvalue weighted by Gasteiger charge is 2.39. The zero-order chi connectivity index (χ0) is 11.2. The molecule has 0 rings (SSSR count). The molecule has 0 aromatic carbocycles. The van der Waals surface area contributed by atoms with Gasteiger partial charge in [0.15, 0.2) is 4.08 Å². The minimum Gasteiger partial charge on any atom is -0.464 e. The number of alkyl halides is 1. The highest BCUT2D eigenvalue weighted by molar-refractivity contribution is 8.02. The summed E-state index contributed by atoms with van der Waals surface area (Å²) in [4.78, 5) is 11.4. The zero-order valence-electron chi connectivity index (χ0n) is 8.49. The van der Waals surface area contributed by atoms with Crippen molar-refractivity contribution in [2.75, 3.05) is 6.61 Å². The average Bonchev–Trinajstić information content (AvgIpc) is 2.14. The molecule has 0 radical (unpaired) electrons. The van der Waals surface area contributed by atoms with Gasteiger partial charge in [-0.05, 0) is 13.3 Å². The van der Waals surface area contributed by atoms with Crippen LogP contribution in [0.4, 0.5) is 0 Å². The fourth-order valence-electron chi connectivity index (χ4n) is 0.950. The number of ether oxygens (including phenoxy) is 1. The average molecular weight is 257 g/mol. The molecule has 0 bridgehead atoms. The van der Waals surface area contributed by atoms with Gasteiger partial charge in [-0.1, -0.05) is 19.8 Å². The van der Waals surface area contributed by atoms with Crippen LogP contribution in [0.2, 0.25) is 0 Å². The maximum Gasteiger partial charge on any atom is 0.333 e. The summed E-state index contributed by atoms with van der Waals surface area (Å²) in [5, 5.41) is -0.409. The third-order valence-corrected chi connectivity index (χ3v) is 3.66. The van der Waals surface area contributed by atoms with E-state index in [-0.39, 0.29) is 0 Å². The normalized spacial score (nSPS) is 13.8. The maximum absolute atomic E-state index is 11.4. The van der Waals surface area contributed by atoms with E-state index in [1.807, 2.05) is 0 Å². The summed E-state index contributed by atoms with van der Waals surface area (Å²) < 4.78 is 3.64. The number of esters is 1. The molecular weight excluding hydrogens is 240 g/mol. The number of thiol groups is 2. The van der Waals surface area contributed by atoms with Crippen molar-refractivity contribution in [3.05, 3.63) is 0 Å². The first kappa shape index (κ1) is 14.5. The molecule has 0 heterocycles. The number of unbranched alkanes of at least 4 members (excludes halogenated alkanes) is 1. The Morgan fingerprint density at radius 2 is 2.07 bits per heavy atom. The lowest BCUT2D eigenvalue weighted by atomic mass is 10.1. The van der Waals surface area contributed by atoms with Crippen molar-refractivity contribution in [1.29, 1.82) is 0 Å². The van der Waals surface area contributed by atoms with Crippen LogP contribution in [-0.2, 0) is 9.53 Å². The van der Waals surface area contributed by atoms with Gasteiger partial charge in [-0.15, -0.1) is 36.9 Å². The number of carbonyl (C=O) groups excluding carboxylic acids is 1. The maximum atomic E-state index is 11.4. The first-order valence-electron chi connectivity index (χ1n) is 4.72. The molecule has 14 heavy (non-hydrogen) atoms. The highest BCUT2D eigenvalue weighted by Crippen LogP contribution is 2.33. The minimum absolute atomic E-state index is 0.319. The van der Waals surface area contributed by atoms with Gasteiger partial charge in [-0.25, -0.2) is 4.79 Å². The lowest BCUT2D eigenvalue weighted by Crippen LogP contribution is -2.37. The predicted molar refractivity (Wildman–Crippen MR) is 66.5 cm³/mol. The van der Waals surface area contributed by atoms with Gasteiger partial charge in [0, 0.05) is 0 Å². The van der Waals surface area contributed by atoms with Crippen molar-refractivity contribution in [2.45, 2.75) is 42.6 Å². The molecule has 0 fully saturated rings. The Kier molecular flexibility index (Phi) is 7.08. The smallest absolute Gasteiger partial charge is 0.333 e. The summed E-state index contributed by atoms with van der Waals surface area (Å²) in [7, 11) is 0. The standard InChI is InChI=1S/C9H17ClO2S2/c1-3-5-6-7(10)9(13,14)8(11)12-4-2/h7,13-14H,3-6H2,1-2H3. The first-order valence-corrected chi connectivity index (χ1v) is 6.05. The van der Waals surface area contributed by atoms with E-state index in [4.69, 9.17) is 16.3 Å². The van der Waals surface area contributed by atoms with E-state index in [9.17, 15) is 4.79 Å². The molecule has 0 spiro atoms. The fraction of sp³-hybridized carbons (Fsp3) is 0.889. The second-order valence-electron chi connectivity index (χ2n) is 3.06. The molecule has 0 N–H and O–H groups in total. The predicted octanol–water partition coefficient (Wildman–Crippen LogP) is 2.90. The largest absolute Gasteiger partial charge is 0.464 e. The second-order valence-corrected chi connectivity index (χ2v) is 5.35. The highest BCUT2D eigenvalue weighted by atomic mass is 35.5. The van der Waals surface area contributed by atoms with E-state index >= 15 is 0 Å². The van der Waals surface area contributed by atoms with Crippen LogP contribution in [-0.4, -0.2) is 22.0 Å². The number of hydrogen-bond acceptors (Lipinski definition) is 4. The molecule has 84 valence electrons. The van der Waals surface area contributed by atoms with E-state index in [1.54, 1.807) is 6.92 Å². The van der Waals surface area contributed by atoms with Gasteiger partial charge in [0.05, 0.1) is 12.0 Å². The molecule has 0 amide bonds. The van der Waals surface area contributed by atoms with E-state index in [1.165, 1.54) is 0 Å². The van der Waals surface area contributed by atoms with Crippen molar-refractivity contribution in [2.24, 2.45) is 0 Å². The van der Waals surface area contributed by atoms with Gasteiger partial charge in [-0.3, -0.25) is 0 Å². The summed E-state index contributed by atoms with van der Waals surface area (Å²) in [5.41, 5.74) is 0. The first-order chi connectivity index (χ1) is 6.46. The molecular formula is C9H17ClO2S2. The molecule has 1 unspecified atom stereocenters. The summed E-state index contributed by atoms with van der Waals surface area (Å²) >= 11 is 14.3. The third-order valence-electron chi connectivity index (χ3n) is 1.82. The Hall–Kier alpha value is 0.460. The van der Waals surface area contributed by atoms with E-state index in [0.717, 1.165) is 12.8 Å². The molecule has 0 aliphatic heterocycles. The fourth-order valence-corrected chi connectivity index (χ4v) is 1.58. The van der Waals surface area contributed by atoms with Gasteiger partial charge in [0.25, 0.3) is 0 Å². The van der Waals surface area contributed by atoms with Gasteiger partial charge < -0.3 is 4.74 Å². The van der Waals surface area contributed by atoms with Crippen LogP contribution in [0.25, 0.3) is 0 Å². The van der Waals surface area contributed by atoms with Crippen LogP contribution < -0.4 is 0 Å². The number of hydrogen-bond donors (Lipinski definition) is 2. The van der Waals surface area contributed by atoms with Gasteiger partial charge >= 0.3 is 5.97 Å². The van der Waals surface area contributed by atoms with Crippen LogP contribution in [0.1, 0.15) is 33.1 Å². The summed E-state index contributed by atoms with van der Waals surface area (Å²) in [6.45, 7) is 4.12. The molecule has 0 aromatic heterocycles. The second kappa shape index (κ2) is 6.85. The van der Waals surface area contributed by atoms with Crippen molar-refractivity contribution in [3.63, 3.8) is 0 Å². The van der Waals surface area contributed by atoms with Crippen molar-refractivity contribution in [3.8, 4) is 0 Å². The monoisotopic (exact) mass is 256 g/mol. The van der Waals surface area contributed by atoms with E-state index in [0.29, 0.717) is 13.0 Å². The van der Waals surface area contributed by atoms with Crippen LogP contribution in [0.3, 0.4) is 0 Å². The topological polar surface area (TPSA) is 26.3 Å². The van der Waals surface area contributed by atoms with Crippen LogP contribution in [0.15, 0.2) is 0 Å². The Morgan fingerprint density at radius 1 is 1.50 bits per heavy atom. The van der Waals surface area contributed by atoms with Crippen LogP contribution >= 0.6 is 36.9 Å². The van der Waals surface area contributed by atoms with Crippen LogP contribution in [0.5, 0.6) is 0 Å². The summed E-state index contributed by atoms with van der Waals surface area (Å²) in [6, 6.07) is 0. The lowest BCUT2D eigenvalue weighted by Gasteiger charge is -2.25. The molecule has 0 aliphatic rings. The third kappa shape index (κ3) is 4.32. The van der Waals surface area contributed by atoms with Gasteiger partial charge in [0.1, 0.15) is 0 Å². The van der Waals surface area contributed by atoms with Crippen molar-refractivity contribution in [1.82, 2.24) is 0 Å². The summed E-state index contributed by atoms with van der Waals surface area (Å²) in [6.07, 6.45) is 2.70. The van der Waals surface area contributed by atoms with Crippen LogP contribution in [0, 0.1) is 0 Å². The van der Waals surface area contributed by atoms with Gasteiger partial charge in [0.2, 0.25) is 0 Å². The SMILES string of the molecule is CCCCC(Cl)C(S)(S)C(=O)OCC. The minimum atomic E-state index is -1.19. The molecule has 5 heteroatoms. The Labute approximate surface area is 102 Å². The zero-order valence-corrected chi connectivity index (χ0v) is 11.0. The number of halogens is 1. The molecule has 0 aliphatic carbocycles. The molecule has 0 saturated carbocycles. The van der Waals surface area contributed by atoms with E-state index in [2.05, 4.69) is 32.2 Å². The van der Waals surface area contributed by atoms with E-state index < -0.39 is 15.4 Å². The Morgan fingerprint density at radius 3 is 2.50 bits per heavy atom. The van der Waals surface area contributed by atoms with Crippen molar-refractivity contribution < 1.29 is 9.53 Å². The van der Waals surface area contributed by atoms with Gasteiger partial charge in [-0.2, -0.15) is 0 Å². The molecule has 0 saturated heterocycles. The number of carbonyl (C=O) groups is 1. The molecule has 2 nitrogen and oxygen atoms in total. The Balaban J connectivity index is 4.20. The molecule has 1 atom stereocenters. The Bertz CT molecular complexity index is 186. The quantitative estimate of drug-likeness (QED) is 0.331. The molecule has 0 aromatic rings. The number of rotatable bonds is 6. The van der Waals surface area contributed by atoms with Crippen molar-refractivity contribution >= 4 is 42.8 Å². The summed E-state index contributed by atoms with van der Waals surface area (Å²) in [5.74, 6) is -0.470.